The second-order valence-corrected chi connectivity index (χ2v) is 5.88. The average molecular weight is 365 g/mol. The van der Waals surface area contributed by atoms with Crippen LogP contribution in [0.3, 0.4) is 0 Å². The fourth-order valence-corrected chi connectivity index (χ4v) is 2.41. The van der Waals surface area contributed by atoms with Crippen molar-refractivity contribution in [1.82, 2.24) is 5.32 Å². The molecule has 0 unspecified atom stereocenters. The van der Waals surface area contributed by atoms with Crippen molar-refractivity contribution < 1.29 is 14.3 Å². The van der Waals surface area contributed by atoms with Gasteiger partial charge in [-0.1, -0.05) is 29.8 Å². The minimum absolute atomic E-state index is 0.00584. The first-order valence-electron chi connectivity index (χ1n) is 8.50. The van der Waals surface area contributed by atoms with Gasteiger partial charge in [0.25, 0.3) is 5.91 Å². The molecular formula is C21H23N3O3. The monoisotopic (exact) mass is 365 g/mol. The summed E-state index contributed by atoms with van der Waals surface area (Å²) in [5.41, 5.74) is 2.91. The lowest BCUT2D eigenvalue weighted by atomic mass is 10.1. The molecule has 2 N–H and O–H groups in total. The summed E-state index contributed by atoms with van der Waals surface area (Å²) in [4.78, 5) is 12.3. The largest absolute Gasteiger partial charge is 0.493 e. The molecular weight excluding hydrogens is 342 g/mol. The first-order valence-corrected chi connectivity index (χ1v) is 8.50. The second kappa shape index (κ2) is 9.88. The van der Waals surface area contributed by atoms with E-state index in [2.05, 4.69) is 34.9 Å². The number of nitrogens with zero attached hydrogens (tertiary/aromatic N) is 1. The number of nitrogens with one attached hydrogen (secondary N) is 2. The molecule has 0 aliphatic carbocycles. The Hall–Kier alpha value is -3.46. The molecule has 0 radical (unpaired) electrons. The number of ether oxygens (including phenoxy) is 2. The summed E-state index contributed by atoms with van der Waals surface area (Å²) in [6.07, 6.45) is 2.23. The van der Waals surface area contributed by atoms with E-state index >= 15 is 0 Å². The van der Waals surface area contributed by atoms with Crippen LogP contribution >= 0.6 is 0 Å². The maximum Gasteiger partial charge on any atom is 0.267 e. The molecule has 0 saturated heterocycles. The van der Waals surface area contributed by atoms with Crippen LogP contribution in [-0.2, 0) is 11.2 Å². The highest BCUT2D eigenvalue weighted by Crippen LogP contribution is 2.29. The van der Waals surface area contributed by atoms with Crippen molar-refractivity contribution in [3.63, 3.8) is 0 Å². The van der Waals surface area contributed by atoms with E-state index < -0.39 is 5.91 Å². The van der Waals surface area contributed by atoms with E-state index in [1.54, 1.807) is 18.2 Å². The molecule has 0 fully saturated rings. The number of methoxy groups -OCH3 is 2. The summed E-state index contributed by atoms with van der Waals surface area (Å²) in [7, 11) is 3.05. The summed E-state index contributed by atoms with van der Waals surface area (Å²) in [5, 5.41) is 14.9. The van der Waals surface area contributed by atoms with Gasteiger partial charge in [0.2, 0.25) is 0 Å². The van der Waals surface area contributed by atoms with Crippen LogP contribution in [0.4, 0.5) is 5.69 Å². The van der Waals surface area contributed by atoms with E-state index in [1.165, 1.54) is 31.5 Å². The van der Waals surface area contributed by atoms with Gasteiger partial charge in [0.05, 0.1) is 14.2 Å². The lowest BCUT2D eigenvalue weighted by Gasteiger charge is -2.10. The number of rotatable bonds is 8. The predicted molar refractivity (Wildman–Crippen MR) is 105 cm³/mol. The molecule has 140 valence electrons. The standard InChI is InChI=1S/C21H23N3O3/c1-15-4-6-16(7-5-15)10-11-23-14-17(13-22)21(25)24-18-8-9-19(26-2)20(12-18)27-3/h4-9,12,14,23H,10-11H2,1-3H3,(H,24,25)/b17-14-. The van der Waals surface area contributed by atoms with Crippen LogP contribution in [0.5, 0.6) is 11.5 Å². The summed E-state index contributed by atoms with van der Waals surface area (Å²) in [5.74, 6) is 0.561. The Morgan fingerprint density at radius 1 is 1.11 bits per heavy atom. The fourth-order valence-electron chi connectivity index (χ4n) is 2.41. The number of carbonyl (C=O) groups is 1. The predicted octanol–water partition coefficient (Wildman–Crippen LogP) is 3.19. The highest BCUT2D eigenvalue weighted by molar-refractivity contribution is 6.06. The Morgan fingerprint density at radius 3 is 2.44 bits per heavy atom. The zero-order chi connectivity index (χ0) is 19.6. The Labute approximate surface area is 159 Å². The third kappa shape index (κ3) is 5.79. The summed E-state index contributed by atoms with van der Waals surface area (Å²) in [6, 6.07) is 15.2. The number of benzene rings is 2. The molecule has 2 aromatic carbocycles. The fraction of sp³-hybridized carbons (Fsp3) is 0.238. The lowest BCUT2D eigenvalue weighted by molar-refractivity contribution is -0.112. The minimum Gasteiger partial charge on any atom is -0.493 e. The van der Waals surface area contributed by atoms with Crippen molar-refractivity contribution in [2.45, 2.75) is 13.3 Å². The molecule has 2 aromatic rings. The molecule has 0 saturated carbocycles. The highest BCUT2D eigenvalue weighted by Gasteiger charge is 2.11. The second-order valence-electron chi connectivity index (χ2n) is 5.88. The third-order valence-electron chi connectivity index (χ3n) is 3.93. The van der Waals surface area contributed by atoms with Gasteiger partial charge in [0, 0.05) is 24.5 Å². The molecule has 2 rings (SSSR count). The van der Waals surface area contributed by atoms with Gasteiger partial charge in [-0.25, -0.2) is 0 Å². The maximum atomic E-state index is 12.3. The molecule has 1 amide bonds. The average Bonchev–Trinajstić information content (AvgIpc) is 2.69. The lowest BCUT2D eigenvalue weighted by Crippen LogP contribution is -2.18. The Balaban J connectivity index is 1.93. The summed E-state index contributed by atoms with van der Waals surface area (Å²) < 4.78 is 10.4. The van der Waals surface area contributed by atoms with Crippen molar-refractivity contribution in [1.29, 1.82) is 5.26 Å². The van der Waals surface area contributed by atoms with Gasteiger partial charge >= 0.3 is 0 Å². The van der Waals surface area contributed by atoms with Gasteiger partial charge in [-0.3, -0.25) is 4.79 Å². The summed E-state index contributed by atoms with van der Waals surface area (Å²) in [6.45, 7) is 2.67. The van der Waals surface area contributed by atoms with E-state index in [-0.39, 0.29) is 5.57 Å². The number of amides is 1. The summed E-state index contributed by atoms with van der Waals surface area (Å²) >= 11 is 0. The minimum atomic E-state index is -0.493. The maximum absolute atomic E-state index is 12.3. The number of aryl methyl sites for hydroxylation is 1. The van der Waals surface area contributed by atoms with Crippen LogP contribution in [0.25, 0.3) is 0 Å². The quantitative estimate of drug-likeness (QED) is 0.426. The molecule has 0 bridgehead atoms. The molecule has 0 atom stereocenters. The SMILES string of the molecule is COc1ccc(NC(=O)/C(C#N)=C\NCCc2ccc(C)cc2)cc1OC. The molecule has 0 spiro atoms. The number of hydrogen-bond donors (Lipinski definition) is 2. The van der Waals surface area contributed by atoms with Crippen molar-refractivity contribution in [2.75, 3.05) is 26.1 Å². The van der Waals surface area contributed by atoms with Crippen LogP contribution < -0.4 is 20.1 Å². The molecule has 27 heavy (non-hydrogen) atoms. The van der Waals surface area contributed by atoms with Gasteiger partial charge in [-0.2, -0.15) is 5.26 Å². The van der Waals surface area contributed by atoms with Crippen molar-refractivity contribution in [3.05, 3.63) is 65.4 Å². The Bertz CT molecular complexity index is 852. The van der Waals surface area contributed by atoms with Crippen molar-refractivity contribution in [2.24, 2.45) is 0 Å². The zero-order valence-corrected chi connectivity index (χ0v) is 15.7. The molecule has 6 heteroatoms. The smallest absolute Gasteiger partial charge is 0.267 e. The van der Waals surface area contributed by atoms with E-state index in [0.717, 1.165) is 6.42 Å². The zero-order valence-electron chi connectivity index (χ0n) is 15.7. The van der Waals surface area contributed by atoms with E-state index in [1.807, 2.05) is 13.0 Å². The first kappa shape index (κ1) is 19.9. The molecule has 0 aromatic heterocycles. The van der Waals surface area contributed by atoms with E-state index in [9.17, 15) is 10.1 Å². The molecule has 0 aliphatic rings. The Kier molecular flexibility index (Phi) is 7.26. The molecule has 0 heterocycles. The van der Waals surface area contributed by atoms with Crippen LogP contribution in [0.15, 0.2) is 54.2 Å². The van der Waals surface area contributed by atoms with Gasteiger partial charge in [-0.05, 0) is 31.0 Å². The van der Waals surface area contributed by atoms with Gasteiger partial charge < -0.3 is 20.1 Å². The van der Waals surface area contributed by atoms with Crippen molar-refractivity contribution in [3.8, 4) is 17.6 Å². The van der Waals surface area contributed by atoms with Crippen LogP contribution in [-0.4, -0.2) is 26.7 Å². The molecule has 0 aliphatic heterocycles. The topological polar surface area (TPSA) is 83.4 Å². The number of nitriles is 1. The van der Waals surface area contributed by atoms with Crippen molar-refractivity contribution >= 4 is 11.6 Å². The molecule has 6 nitrogen and oxygen atoms in total. The van der Waals surface area contributed by atoms with E-state index in [0.29, 0.717) is 23.7 Å². The Morgan fingerprint density at radius 2 is 1.81 bits per heavy atom. The van der Waals surface area contributed by atoms with Crippen LogP contribution in [0.2, 0.25) is 0 Å². The number of hydrogen-bond acceptors (Lipinski definition) is 5. The highest BCUT2D eigenvalue weighted by atomic mass is 16.5. The number of anilines is 1. The van der Waals surface area contributed by atoms with E-state index in [4.69, 9.17) is 9.47 Å². The number of carbonyl (C=O) groups excluding carboxylic acids is 1. The first-order chi connectivity index (χ1) is 13.1. The third-order valence-corrected chi connectivity index (χ3v) is 3.93. The van der Waals surface area contributed by atoms with Gasteiger partial charge in [-0.15, -0.1) is 0 Å². The van der Waals surface area contributed by atoms with Gasteiger partial charge in [0.1, 0.15) is 11.6 Å². The van der Waals surface area contributed by atoms with Crippen LogP contribution in [0, 0.1) is 18.3 Å². The normalized spacial score (nSPS) is 10.7. The van der Waals surface area contributed by atoms with Gasteiger partial charge in [0.15, 0.2) is 11.5 Å². The van der Waals surface area contributed by atoms with Crippen LogP contribution in [0.1, 0.15) is 11.1 Å².